The van der Waals surface area contributed by atoms with Crippen molar-refractivity contribution in [3.8, 4) is 11.4 Å². The monoisotopic (exact) mass is 319 g/mol. The minimum absolute atomic E-state index is 0.261. The third kappa shape index (κ3) is 2.81. The molecular formula is C18H14FN5. The van der Waals surface area contributed by atoms with Crippen molar-refractivity contribution in [3.63, 3.8) is 0 Å². The fourth-order valence-corrected chi connectivity index (χ4v) is 2.68. The van der Waals surface area contributed by atoms with Gasteiger partial charge in [-0.05, 0) is 30.3 Å². The van der Waals surface area contributed by atoms with E-state index < -0.39 is 0 Å². The summed E-state index contributed by atoms with van der Waals surface area (Å²) in [4.78, 5) is 8.51. The van der Waals surface area contributed by atoms with Crippen LogP contribution in [0.1, 0.15) is 5.56 Å². The van der Waals surface area contributed by atoms with Gasteiger partial charge >= 0.3 is 0 Å². The number of aromatic nitrogens is 4. The van der Waals surface area contributed by atoms with Gasteiger partial charge in [-0.25, -0.2) is 9.37 Å². The highest BCUT2D eigenvalue weighted by molar-refractivity contribution is 5.82. The molecule has 0 radical (unpaired) electrons. The van der Waals surface area contributed by atoms with Crippen molar-refractivity contribution in [2.45, 2.75) is 6.54 Å². The second-order valence-corrected chi connectivity index (χ2v) is 5.41. The normalized spacial score (nSPS) is 10.9. The summed E-state index contributed by atoms with van der Waals surface area (Å²) in [6.07, 6.45) is 3.19. The average molecular weight is 319 g/mol. The van der Waals surface area contributed by atoms with E-state index in [9.17, 15) is 4.39 Å². The minimum atomic E-state index is -0.261. The van der Waals surface area contributed by atoms with Crippen molar-refractivity contribution in [3.05, 3.63) is 72.4 Å². The SMILES string of the molecule is Fc1cc(CNc2cccc(-c3ncn[nH]3)c2)c2ncccc2c1. The summed E-state index contributed by atoms with van der Waals surface area (Å²) >= 11 is 0. The van der Waals surface area contributed by atoms with Crippen LogP contribution in [0.25, 0.3) is 22.3 Å². The fraction of sp³-hybridized carbons (Fsp3) is 0.0556. The van der Waals surface area contributed by atoms with Crippen LogP contribution in [0.2, 0.25) is 0 Å². The van der Waals surface area contributed by atoms with Crippen molar-refractivity contribution in [1.82, 2.24) is 20.2 Å². The van der Waals surface area contributed by atoms with E-state index in [2.05, 4.69) is 25.5 Å². The zero-order chi connectivity index (χ0) is 16.4. The van der Waals surface area contributed by atoms with Crippen LogP contribution >= 0.6 is 0 Å². The molecule has 0 atom stereocenters. The number of hydrogen-bond acceptors (Lipinski definition) is 4. The summed E-state index contributed by atoms with van der Waals surface area (Å²) in [6, 6.07) is 14.5. The molecule has 0 bridgehead atoms. The highest BCUT2D eigenvalue weighted by atomic mass is 19.1. The molecule has 2 heterocycles. The molecule has 2 N–H and O–H groups in total. The Kier molecular flexibility index (Phi) is 3.63. The molecule has 0 aliphatic carbocycles. The second-order valence-electron chi connectivity index (χ2n) is 5.41. The van der Waals surface area contributed by atoms with Crippen molar-refractivity contribution in [2.24, 2.45) is 0 Å². The van der Waals surface area contributed by atoms with Gasteiger partial charge in [-0.1, -0.05) is 18.2 Å². The van der Waals surface area contributed by atoms with Crippen molar-refractivity contribution >= 4 is 16.6 Å². The molecule has 24 heavy (non-hydrogen) atoms. The number of H-pyrrole nitrogens is 1. The first kappa shape index (κ1) is 14.3. The molecule has 0 spiro atoms. The van der Waals surface area contributed by atoms with E-state index in [1.54, 1.807) is 12.3 Å². The third-order valence-electron chi connectivity index (χ3n) is 3.78. The number of benzene rings is 2. The first-order valence-electron chi connectivity index (χ1n) is 7.52. The quantitative estimate of drug-likeness (QED) is 0.601. The Morgan fingerprint density at radius 3 is 2.88 bits per heavy atom. The predicted molar refractivity (Wildman–Crippen MR) is 90.8 cm³/mol. The minimum Gasteiger partial charge on any atom is -0.381 e. The molecule has 0 aliphatic heterocycles. The molecule has 0 saturated heterocycles. The third-order valence-corrected chi connectivity index (χ3v) is 3.78. The van der Waals surface area contributed by atoms with Crippen molar-refractivity contribution in [1.29, 1.82) is 0 Å². The van der Waals surface area contributed by atoms with Crippen LogP contribution in [0.15, 0.2) is 61.1 Å². The molecule has 0 amide bonds. The molecule has 0 fully saturated rings. The van der Waals surface area contributed by atoms with Crippen LogP contribution in [0, 0.1) is 5.82 Å². The van der Waals surface area contributed by atoms with E-state index in [1.807, 2.05) is 30.3 Å². The van der Waals surface area contributed by atoms with Gasteiger partial charge in [-0.3, -0.25) is 10.1 Å². The van der Waals surface area contributed by atoms with E-state index in [-0.39, 0.29) is 5.82 Å². The lowest BCUT2D eigenvalue weighted by Crippen LogP contribution is -2.02. The van der Waals surface area contributed by atoms with Gasteiger partial charge in [0.05, 0.1) is 5.52 Å². The average Bonchev–Trinajstić information content (AvgIpc) is 3.14. The molecule has 6 heteroatoms. The largest absolute Gasteiger partial charge is 0.381 e. The summed E-state index contributed by atoms with van der Waals surface area (Å²) in [6.45, 7) is 0.477. The first-order valence-corrected chi connectivity index (χ1v) is 7.52. The maximum atomic E-state index is 13.8. The molecule has 118 valence electrons. The van der Waals surface area contributed by atoms with E-state index in [0.29, 0.717) is 12.4 Å². The Bertz CT molecular complexity index is 982. The molecule has 4 aromatic rings. The Morgan fingerprint density at radius 2 is 2.00 bits per heavy atom. The van der Waals surface area contributed by atoms with Gasteiger partial charge in [-0.15, -0.1) is 0 Å². The van der Waals surface area contributed by atoms with E-state index >= 15 is 0 Å². The molecule has 5 nitrogen and oxygen atoms in total. The number of halogens is 1. The van der Waals surface area contributed by atoms with Crippen LogP contribution in [0.4, 0.5) is 10.1 Å². The topological polar surface area (TPSA) is 66.5 Å². The Hall–Kier alpha value is -3.28. The van der Waals surface area contributed by atoms with Crippen LogP contribution in [-0.2, 0) is 6.54 Å². The van der Waals surface area contributed by atoms with Crippen molar-refractivity contribution < 1.29 is 4.39 Å². The second kappa shape index (κ2) is 6.08. The number of rotatable bonds is 4. The summed E-state index contributed by atoms with van der Waals surface area (Å²) in [5.41, 5.74) is 3.46. The number of nitrogens with zero attached hydrogens (tertiary/aromatic N) is 3. The Balaban J connectivity index is 1.61. The summed E-state index contributed by atoms with van der Waals surface area (Å²) in [5.74, 6) is 0.444. The molecule has 0 unspecified atom stereocenters. The molecule has 0 aliphatic rings. The molecule has 2 aromatic carbocycles. The Morgan fingerprint density at radius 1 is 1.04 bits per heavy atom. The van der Waals surface area contributed by atoms with E-state index in [1.165, 1.54) is 18.5 Å². The number of nitrogens with one attached hydrogen (secondary N) is 2. The molecule has 0 saturated carbocycles. The number of pyridine rings is 1. The van der Waals surface area contributed by atoms with Gasteiger partial charge in [0.25, 0.3) is 0 Å². The van der Waals surface area contributed by atoms with Crippen LogP contribution in [0.3, 0.4) is 0 Å². The summed E-state index contributed by atoms with van der Waals surface area (Å²) < 4.78 is 13.8. The molecule has 2 aromatic heterocycles. The maximum Gasteiger partial charge on any atom is 0.155 e. The van der Waals surface area contributed by atoms with Crippen LogP contribution in [-0.4, -0.2) is 20.2 Å². The van der Waals surface area contributed by atoms with Gasteiger partial charge in [0, 0.05) is 34.9 Å². The van der Waals surface area contributed by atoms with Gasteiger partial charge in [0.1, 0.15) is 12.1 Å². The van der Waals surface area contributed by atoms with Crippen LogP contribution in [0.5, 0.6) is 0 Å². The smallest absolute Gasteiger partial charge is 0.155 e. The maximum absolute atomic E-state index is 13.8. The number of hydrogen-bond donors (Lipinski definition) is 2. The van der Waals surface area contributed by atoms with Gasteiger partial charge in [0.15, 0.2) is 5.82 Å². The first-order chi connectivity index (χ1) is 11.8. The zero-order valence-corrected chi connectivity index (χ0v) is 12.7. The molecule has 4 rings (SSSR count). The highest BCUT2D eigenvalue weighted by Gasteiger charge is 2.06. The van der Waals surface area contributed by atoms with Crippen molar-refractivity contribution in [2.75, 3.05) is 5.32 Å². The standard InChI is InChI=1S/C18H14FN5/c19-15-7-12-4-2-6-20-17(12)14(8-15)10-21-16-5-1-3-13(9-16)18-22-11-23-24-18/h1-9,11,21H,10H2,(H,22,23,24). The van der Waals surface area contributed by atoms with Gasteiger partial charge in [0.2, 0.25) is 0 Å². The van der Waals surface area contributed by atoms with Gasteiger partial charge in [-0.2, -0.15) is 5.10 Å². The zero-order valence-electron chi connectivity index (χ0n) is 12.7. The lowest BCUT2D eigenvalue weighted by atomic mass is 10.1. The summed E-state index contributed by atoms with van der Waals surface area (Å²) in [5, 5.41) is 10.8. The van der Waals surface area contributed by atoms with E-state index in [0.717, 1.165) is 27.7 Å². The highest BCUT2D eigenvalue weighted by Crippen LogP contribution is 2.22. The lowest BCUT2D eigenvalue weighted by molar-refractivity contribution is 0.628. The van der Waals surface area contributed by atoms with E-state index in [4.69, 9.17) is 0 Å². The molecular weight excluding hydrogens is 305 g/mol. The lowest BCUT2D eigenvalue weighted by Gasteiger charge is -2.10. The van der Waals surface area contributed by atoms with Gasteiger partial charge < -0.3 is 5.32 Å². The Labute approximate surface area is 137 Å². The number of aromatic amines is 1. The van der Waals surface area contributed by atoms with Crippen LogP contribution < -0.4 is 5.32 Å². The fourth-order valence-electron chi connectivity index (χ4n) is 2.68. The number of fused-ring (bicyclic) bond motifs is 1. The number of anilines is 1. The summed E-state index contributed by atoms with van der Waals surface area (Å²) in [7, 11) is 0. The predicted octanol–water partition coefficient (Wildman–Crippen LogP) is 3.77.